The third kappa shape index (κ3) is 4.46. The van der Waals surface area contributed by atoms with E-state index in [0.29, 0.717) is 11.3 Å². The topological polar surface area (TPSA) is 73.7 Å². The maximum atomic E-state index is 13.0. The zero-order valence-corrected chi connectivity index (χ0v) is 12.1. The highest BCUT2D eigenvalue weighted by Crippen LogP contribution is 2.19. The first kappa shape index (κ1) is 15.8. The molecule has 0 aromatic heterocycles. The lowest BCUT2D eigenvalue weighted by molar-refractivity contribution is -0.119. The number of carbonyl (C=O) groups excluding carboxylic acids is 1. The van der Waals surface area contributed by atoms with E-state index in [9.17, 15) is 14.3 Å². The van der Waals surface area contributed by atoms with Crippen LogP contribution in [0.2, 0.25) is 5.02 Å². The van der Waals surface area contributed by atoms with Crippen molar-refractivity contribution < 1.29 is 14.3 Å². The largest absolute Gasteiger partial charge is 0.507 e. The molecule has 2 rings (SSSR count). The predicted octanol–water partition coefficient (Wildman–Crippen LogP) is 2.75. The van der Waals surface area contributed by atoms with Crippen molar-refractivity contribution in [2.45, 2.75) is 0 Å². The minimum Gasteiger partial charge on any atom is -0.507 e. The predicted molar refractivity (Wildman–Crippen MR) is 83.7 cm³/mol. The third-order valence-corrected chi connectivity index (χ3v) is 2.99. The van der Waals surface area contributed by atoms with Crippen LogP contribution in [0.3, 0.4) is 0 Å². The van der Waals surface area contributed by atoms with Crippen LogP contribution in [-0.4, -0.2) is 23.8 Å². The number of halogens is 2. The van der Waals surface area contributed by atoms with Gasteiger partial charge in [0.1, 0.15) is 11.6 Å². The molecule has 7 heteroatoms. The first-order chi connectivity index (χ1) is 10.6. The lowest BCUT2D eigenvalue weighted by atomic mass is 10.2. The first-order valence-electron chi connectivity index (χ1n) is 6.35. The molecule has 5 nitrogen and oxygen atoms in total. The number of anilines is 1. The summed E-state index contributed by atoms with van der Waals surface area (Å²) in [6, 6.07) is 10.7. The molecule has 0 saturated heterocycles. The Morgan fingerprint density at radius 1 is 1.32 bits per heavy atom. The van der Waals surface area contributed by atoms with E-state index in [4.69, 9.17) is 11.6 Å². The Morgan fingerprint density at radius 3 is 2.82 bits per heavy atom. The van der Waals surface area contributed by atoms with Crippen LogP contribution in [0.5, 0.6) is 5.75 Å². The van der Waals surface area contributed by atoms with Crippen LogP contribution in [-0.2, 0) is 4.79 Å². The minimum absolute atomic E-state index is 0.0250. The summed E-state index contributed by atoms with van der Waals surface area (Å²) in [5, 5.41) is 16.0. The molecular weight excluding hydrogens is 309 g/mol. The van der Waals surface area contributed by atoms with Crippen molar-refractivity contribution in [2.24, 2.45) is 5.10 Å². The molecule has 0 saturated carbocycles. The number of nitrogens with one attached hydrogen (secondary N) is 2. The van der Waals surface area contributed by atoms with E-state index in [2.05, 4.69) is 15.8 Å². The van der Waals surface area contributed by atoms with E-state index in [-0.39, 0.29) is 17.3 Å². The van der Waals surface area contributed by atoms with Gasteiger partial charge in [-0.2, -0.15) is 5.10 Å². The molecule has 0 heterocycles. The van der Waals surface area contributed by atoms with Crippen LogP contribution in [0.15, 0.2) is 47.6 Å². The average molecular weight is 322 g/mol. The molecule has 114 valence electrons. The van der Waals surface area contributed by atoms with Crippen LogP contribution in [0.1, 0.15) is 5.56 Å². The van der Waals surface area contributed by atoms with Crippen molar-refractivity contribution in [3.8, 4) is 5.75 Å². The number of para-hydroxylation sites is 1. The van der Waals surface area contributed by atoms with E-state index in [1.54, 1.807) is 18.2 Å². The molecule has 0 aliphatic rings. The van der Waals surface area contributed by atoms with Crippen molar-refractivity contribution in [2.75, 3.05) is 11.9 Å². The summed E-state index contributed by atoms with van der Waals surface area (Å²) < 4.78 is 13.0. The molecule has 0 spiro atoms. The molecule has 0 fully saturated rings. The van der Waals surface area contributed by atoms with Crippen LogP contribution in [0, 0.1) is 5.82 Å². The molecule has 0 bridgehead atoms. The monoisotopic (exact) mass is 321 g/mol. The zero-order valence-electron chi connectivity index (χ0n) is 11.4. The SMILES string of the molecule is O=C(CNc1ccc(F)c(Cl)c1)N/N=C/c1ccccc1O. The van der Waals surface area contributed by atoms with Gasteiger partial charge in [0, 0.05) is 11.3 Å². The van der Waals surface area contributed by atoms with Gasteiger partial charge in [-0.3, -0.25) is 4.79 Å². The highest BCUT2D eigenvalue weighted by Gasteiger charge is 2.03. The van der Waals surface area contributed by atoms with Gasteiger partial charge in [0.05, 0.1) is 17.8 Å². The van der Waals surface area contributed by atoms with Gasteiger partial charge in [-0.1, -0.05) is 23.7 Å². The molecule has 2 aromatic carbocycles. The summed E-state index contributed by atoms with van der Waals surface area (Å²) >= 11 is 5.63. The molecule has 0 aliphatic heterocycles. The van der Waals surface area contributed by atoms with Crippen LogP contribution in [0.4, 0.5) is 10.1 Å². The van der Waals surface area contributed by atoms with Crippen molar-refractivity contribution in [1.82, 2.24) is 5.43 Å². The Bertz CT molecular complexity index is 707. The molecule has 0 atom stereocenters. The van der Waals surface area contributed by atoms with Crippen LogP contribution in [0.25, 0.3) is 0 Å². The summed E-state index contributed by atoms with van der Waals surface area (Å²) in [7, 11) is 0. The number of carbonyl (C=O) groups is 1. The van der Waals surface area contributed by atoms with Crippen molar-refractivity contribution in [3.63, 3.8) is 0 Å². The molecule has 1 amide bonds. The van der Waals surface area contributed by atoms with E-state index in [0.717, 1.165) is 0 Å². The number of rotatable bonds is 5. The Kier molecular flexibility index (Phi) is 5.32. The summed E-state index contributed by atoms with van der Waals surface area (Å²) in [5.41, 5.74) is 3.31. The van der Waals surface area contributed by atoms with Gasteiger partial charge in [-0.25, -0.2) is 9.82 Å². The Hall–Kier alpha value is -2.60. The summed E-state index contributed by atoms with van der Waals surface area (Å²) in [6.07, 6.45) is 1.34. The number of hydrogen-bond donors (Lipinski definition) is 3. The lowest BCUT2D eigenvalue weighted by Gasteiger charge is -2.06. The quantitative estimate of drug-likeness (QED) is 0.585. The smallest absolute Gasteiger partial charge is 0.259 e. The van der Waals surface area contributed by atoms with E-state index in [1.165, 1.54) is 30.5 Å². The van der Waals surface area contributed by atoms with Gasteiger partial charge in [-0.15, -0.1) is 0 Å². The number of hydrazone groups is 1. The number of hydrogen-bond acceptors (Lipinski definition) is 4. The average Bonchev–Trinajstić information content (AvgIpc) is 2.50. The fourth-order valence-corrected chi connectivity index (χ4v) is 1.78. The summed E-state index contributed by atoms with van der Waals surface area (Å²) in [5.74, 6) is -0.851. The molecule has 3 N–H and O–H groups in total. The van der Waals surface area contributed by atoms with Crippen molar-refractivity contribution in [1.29, 1.82) is 0 Å². The maximum absolute atomic E-state index is 13.0. The van der Waals surface area contributed by atoms with Crippen molar-refractivity contribution in [3.05, 3.63) is 58.9 Å². The number of benzene rings is 2. The Labute approximate surface area is 131 Å². The molecule has 0 unspecified atom stereocenters. The van der Waals surface area contributed by atoms with Gasteiger partial charge in [0.25, 0.3) is 5.91 Å². The van der Waals surface area contributed by atoms with E-state index in [1.807, 2.05) is 0 Å². The molecule has 0 radical (unpaired) electrons. The Morgan fingerprint density at radius 2 is 2.09 bits per heavy atom. The normalized spacial score (nSPS) is 10.6. The number of aromatic hydroxyl groups is 1. The number of phenols is 1. The van der Waals surface area contributed by atoms with Crippen molar-refractivity contribution >= 4 is 29.4 Å². The van der Waals surface area contributed by atoms with Crippen LogP contribution < -0.4 is 10.7 Å². The molecule has 22 heavy (non-hydrogen) atoms. The van der Waals surface area contributed by atoms with Gasteiger partial charge in [-0.05, 0) is 30.3 Å². The number of amides is 1. The second-order valence-corrected chi connectivity index (χ2v) is 4.74. The fourth-order valence-electron chi connectivity index (χ4n) is 1.60. The second kappa shape index (κ2) is 7.42. The first-order valence-corrected chi connectivity index (χ1v) is 6.73. The lowest BCUT2D eigenvalue weighted by Crippen LogP contribution is -2.25. The van der Waals surface area contributed by atoms with E-state index < -0.39 is 11.7 Å². The van der Waals surface area contributed by atoms with Gasteiger partial charge in [0.2, 0.25) is 0 Å². The molecule has 0 aliphatic carbocycles. The highest BCUT2D eigenvalue weighted by atomic mass is 35.5. The standard InChI is InChI=1S/C15H13ClFN3O2/c16-12-7-11(5-6-13(12)17)18-9-15(22)20-19-8-10-3-1-2-4-14(10)21/h1-8,18,21H,9H2,(H,20,22)/b19-8+. The molecule has 2 aromatic rings. The zero-order chi connectivity index (χ0) is 15.9. The summed E-state index contributed by atoms with van der Waals surface area (Å²) in [6.45, 7) is -0.0555. The molecular formula is C15H13ClFN3O2. The second-order valence-electron chi connectivity index (χ2n) is 4.33. The van der Waals surface area contributed by atoms with Gasteiger partial charge >= 0.3 is 0 Å². The van der Waals surface area contributed by atoms with E-state index >= 15 is 0 Å². The van der Waals surface area contributed by atoms with Gasteiger partial charge in [0.15, 0.2) is 0 Å². The summed E-state index contributed by atoms with van der Waals surface area (Å²) in [4.78, 5) is 11.6. The minimum atomic E-state index is -0.524. The fraction of sp³-hybridized carbons (Fsp3) is 0.0667. The van der Waals surface area contributed by atoms with Crippen LogP contribution >= 0.6 is 11.6 Å². The number of nitrogens with zero attached hydrogens (tertiary/aromatic N) is 1. The third-order valence-electron chi connectivity index (χ3n) is 2.70. The Balaban J connectivity index is 1.83. The van der Waals surface area contributed by atoms with Gasteiger partial charge < -0.3 is 10.4 Å². The highest BCUT2D eigenvalue weighted by molar-refractivity contribution is 6.31. The number of phenolic OH excluding ortho intramolecular Hbond substituents is 1. The maximum Gasteiger partial charge on any atom is 0.259 e.